The quantitative estimate of drug-likeness (QED) is 0.886. The lowest BCUT2D eigenvalue weighted by Crippen LogP contribution is -2.37. The highest BCUT2D eigenvalue weighted by Crippen LogP contribution is 2.32. The smallest absolute Gasteiger partial charge is 0.261 e. The predicted octanol–water partition coefficient (Wildman–Crippen LogP) is 3.63. The maximum atomic E-state index is 13.2. The van der Waals surface area contributed by atoms with Gasteiger partial charge in [0.25, 0.3) is 5.91 Å². The number of hydrogen-bond acceptors (Lipinski definition) is 4. The van der Waals surface area contributed by atoms with E-state index in [2.05, 4.69) is 5.32 Å². The van der Waals surface area contributed by atoms with Crippen LogP contribution in [0.15, 0.2) is 42.5 Å². The average Bonchev–Trinajstić information content (AvgIpc) is 2.86. The van der Waals surface area contributed by atoms with Crippen molar-refractivity contribution in [1.82, 2.24) is 5.32 Å². The summed E-state index contributed by atoms with van der Waals surface area (Å²) in [7, 11) is 0. The van der Waals surface area contributed by atoms with Gasteiger partial charge in [-0.2, -0.15) is 0 Å². The van der Waals surface area contributed by atoms with Crippen molar-refractivity contribution >= 4 is 5.91 Å². The molecule has 5 nitrogen and oxygen atoms in total. The Hall–Kier alpha value is -2.76. The molecule has 0 saturated carbocycles. The van der Waals surface area contributed by atoms with E-state index in [-0.39, 0.29) is 11.9 Å². The SMILES string of the molecule is C[C@H](Oc1cccc(F)c1)C(=O)N[C@@H](C)c1ccc2c(c1)OCCCO2. The summed E-state index contributed by atoms with van der Waals surface area (Å²) in [6.07, 6.45) is 0.0882. The highest BCUT2D eigenvalue weighted by molar-refractivity contribution is 5.81. The molecule has 0 saturated heterocycles. The molecule has 0 spiro atoms. The van der Waals surface area contributed by atoms with Crippen LogP contribution >= 0.6 is 0 Å². The number of carbonyl (C=O) groups is 1. The molecule has 1 N–H and O–H groups in total. The van der Waals surface area contributed by atoms with Gasteiger partial charge in [0.2, 0.25) is 0 Å². The Balaban J connectivity index is 1.62. The number of nitrogens with one attached hydrogen (secondary N) is 1. The summed E-state index contributed by atoms with van der Waals surface area (Å²) in [6, 6.07) is 11.1. The molecule has 0 unspecified atom stereocenters. The lowest BCUT2D eigenvalue weighted by atomic mass is 10.1. The van der Waals surface area contributed by atoms with Gasteiger partial charge in [-0.15, -0.1) is 0 Å². The number of ether oxygens (including phenoxy) is 3. The molecule has 1 aliphatic heterocycles. The van der Waals surface area contributed by atoms with E-state index >= 15 is 0 Å². The lowest BCUT2D eigenvalue weighted by Gasteiger charge is -2.20. The number of carbonyl (C=O) groups excluding carboxylic acids is 1. The molecule has 0 aromatic heterocycles. The van der Waals surface area contributed by atoms with E-state index in [0.29, 0.717) is 30.5 Å². The van der Waals surface area contributed by atoms with Crippen LogP contribution in [-0.2, 0) is 4.79 Å². The molecule has 1 heterocycles. The summed E-state index contributed by atoms with van der Waals surface area (Å²) in [5, 5.41) is 2.90. The molecule has 0 radical (unpaired) electrons. The average molecular weight is 359 g/mol. The second-order valence-corrected chi connectivity index (χ2v) is 6.20. The standard InChI is InChI=1S/C20H22FNO4/c1-13(15-7-8-18-19(11-15)25-10-4-9-24-18)22-20(23)14(2)26-17-6-3-5-16(21)12-17/h3,5-8,11-14H,4,9-10H2,1-2H3,(H,22,23)/t13-,14-/m0/s1. The van der Waals surface area contributed by atoms with Crippen molar-refractivity contribution in [3.05, 3.63) is 53.8 Å². The summed E-state index contributed by atoms with van der Waals surface area (Å²) in [6.45, 7) is 4.75. The number of fused-ring (bicyclic) bond motifs is 1. The van der Waals surface area contributed by atoms with Crippen molar-refractivity contribution < 1.29 is 23.4 Å². The highest BCUT2D eigenvalue weighted by Gasteiger charge is 2.19. The van der Waals surface area contributed by atoms with Crippen LogP contribution in [0.3, 0.4) is 0 Å². The maximum Gasteiger partial charge on any atom is 0.261 e. The van der Waals surface area contributed by atoms with Crippen molar-refractivity contribution in [2.45, 2.75) is 32.4 Å². The molecule has 2 atom stereocenters. The van der Waals surface area contributed by atoms with Crippen molar-refractivity contribution in [2.24, 2.45) is 0 Å². The molecule has 2 aromatic rings. The second-order valence-electron chi connectivity index (χ2n) is 6.20. The monoisotopic (exact) mass is 359 g/mol. The summed E-state index contributed by atoms with van der Waals surface area (Å²) in [4.78, 5) is 12.4. The molecule has 2 aromatic carbocycles. The van der Waals surface area contributed by atoms with Crippen LogP contribution in [-0.4, -0.2) is 25.2 Å². The molecule has 3 rings (SSSR count). The Morgan fingerprint density at radius 2 is 1.88 bits per heavy atom. The van der Waals surface area contributed by atoms with Gasteiger partial charge in [0.1, 0.15) is 11.6 Å². The van der Waals surface area contributed by atoms with Gasteiger partial charge >= 0.3 is 0 Å². The van der Waals surface area contributed by atoms with Gasteiger partial charge in [-0.25, -0.2) is 4.39 Å². The Morgan fingerprint density at radius 3 is 2.65 bits per heavy atom. The van der Waals surface area contributed by atoms with Crippen LogP contribution in [0, 0.1) is 5.82 Å². The molecule has 138 valence electrons. The number of hydrogen-bond donors (Lipinski definition) is 1. The zero-order chi connectivity index (χ0) is 18.5. The minimum absolute atomic E-state index is 0.238. The topological polar surface area (TPSA) is 56.8 Å². The van der Waals surface area contributed by atoms with Crippen molar-refractivity contribution in [3.8, 4) is 17.2 Å². The van der Waals surface area contributed by atoms with Gasteiger partial charge < -0.3 is 19.5 Å². The van der Waals surface area contributed by atoms with Crippen LogP contribution in [0.1, 0.15) is 31.9 Å². The van der Waals surface area contributed by atoms with Gasteiger partial charge in [0.05, 0.1) is 19.3 Å². The first-order valence-corrected chi connectivity index (χ1v) is 8.65. The van der Waals surface area contributed by atoms with Crippen LogP contribution in [0.4, 0.5) is 4.39 Å². The van der Waals surface area contributed by atoms with Crippen LogP contribution < -0.4 is 19.5 Å². The first kappa shape index (κ1) is 18.0. The summed E-state index contributed by atoms with van der Waals surface area (Å²) in [5.41, 5.74) is 0.903. The first-order valence-electron chi connectivity index (χ1n) is 8.65. The van der Waals surface area contributed by atoms with Crippen molar-refractivity contribution in [3.63, 3.8) is 0 Å². The third kappa shape index (κ3) is 4.45. The minimum Gasteiger partial charge on any atom is -0.490 e. The summed E-state index contributed by atoms with van der Waals surface area (Å²) in [5.74, 6) is 1.03. The lowest BCUT2D eigenvalue weighted by molar-refractivity contribution is -0.127. The molecule has 0 aliphatic carbocycles. The molecular formula is C20H22FNO4. The molecule has 0 fully saturated rings. The molecule has 0 bridgehead atoms. The van der Waals surface area contributed by atoms with E-state index in [1.165, 1.54) is 18.2 Å². The normalized spacial score (nSPS) is 15.5. The van der Waals surface area contributed by atoms with Crippen LogP contribution in [0.25, 0.3) is 0 Å². The molecule has 1 amide bonds. The van der Waals surface area contributed by atoms with E-state index in [0.717, 1.165) is 12.0 Å². The number of amides is 1. The zero-order valence-electron chi connectivity index (χ0n) is 14.8. The van der Waals surface area contributed by atoms with Gasteiger partial charge in [0, 0.05) is 12.5 Å². The third-order valence-corrected chi connectivity index (χ3v) is 4.11. The third-order valence-electron chi connectivity index (χ3n) is 4.11. The number of rotatable bonds is 5. The number of halogens is 1. The zero-order valence-corrected chi connectivity index (χ0v) is 14.8. The van der Waals surface area contributed by atoms with E-state index in [9.17, 15) is 9.18 Å². The van der Waals surface area contributed by atoms with Crippen LogP contribution in [0.5, 0.6) is 17.2 Å². The van der Waals surface area contributed by atoms with Crippen molar-refractivity contribution in [2.75, 3.05) is 13.2 Å². The Kier molecular flexibility index (Phi) is 5.61. The molecular weight excluding hydrogens is 337 g/mol. The molecule has 6 heteroatoms. The van der Waals surface area contributed by atoms with E-state index in [4.69, 9.17) is 14.2 Å². The fraction of sp³-hybridized carbons (Fsp3) is 0.350. The van der Waals surface area contributed by atoms with Gasteiger partial charge in [-0.1, -0.05) is 12.1 Å². The highest BCUT2D eigenvalue weighted by atomic mass is 19.1. The fourth-order valence-corrected chi connectivity index (χ4v) is 2.66. The van der Waals surface area contributed by atoms with E-state index in [1.54, 1.807) is 13.0 Å². The van der Waals surface area contributed by atoms with Gasteiger partial charge in [-0.3, -0.25) is 4.79 Å². The fourth-order valence-electron chi connectivity index (χ4n) is 2.66. The maximum absolute atomic E-state index is 13.2. The summed E-state index contributed by atoms with van der Waals surface area (Å²) < 4.78 is 30.0. The second kappa shape index (κ2) is 8.08. The largest absolute Gasteiger partial charge is 0.490 e. The molecule has 26 heavy (non-hydrogen) atoms. The first-order chi connectivity index (χ1) is 12.5. The number of benzene rings is 2. The Labute approximate surface area is 152 Å². The van der Waals surface area contributed by atoms with Crippen LogP contribution in [0.2, 0.25) is 0 Å². The van der Waals surface area contributed by atoms with Crippen molar-refractivity contribution in [1.29, 1.82) is 0 Å². The van der Waals surface area contributed by atoms with E-state index in [1.807, 2.05) is 25.1 Å². The minimum atomic E-state index is -0.750. The summed E-state index contributed by atoms with van der Waals surface area (Å²) >= 11 is 0. The Bertz CT molecular complexity index is 780. The molecule has 1 aliphatic rings. The van der Waals surface area contributed by atoms with Gasteiger partial charge in [-0.05, 0) is 43.7 Å². The van der Waals surface area contributed by atoms with Gasteiger partial charge in [0.15, 0.2) is 17.6 Å². The Morgan fingerprint density at radius 1 is 1.12 bits per heavy atom. The van der Waals surface area contributed by atoms with E-state index < -0.39 is 11.9 Å². The predicted molar refractivity (Wildman–Crippen MR) is 95.1 cm³/mol.